The van der Waals surface area contributed by atoms with Gasteiger partial charge in [-0.05, 0) is 18.2 Å². The van der Waals surface area contributed by atoms with E-state index in [1.54, 1.807) is 0 Å². The Morgan fingerprint density at radius 3 is 2.07 bits per heavy atom. The molecule has 0 aliphatic carbocycles. The maximum atomic E-state index is 10.7. The van der Waals surface area contributed by atoms with Crippen molar-refractivity contribution in [3.8, 4) is 0 Å². The summed E-state index contributed by atoms with van der Waals surface area (Å²) in [5.74, 6) is -1.84. The molecule has 6 heteroatoms. The van der Waals surface area contributed by atoms with Crippen LogP contribution in [0.1, 0.15) is 20.7 Å². The first-order valence-electron chi connectivity index (χ1n) is 3.44. The second kappa shape index (κ2) is 4.24. The molecule has 1 aromatic carbocycles. The number of primary amides is 1. The third kappa shape index (κ3) is 2.46. The molecule has 76 valence electrons. The Morgan fingerprint density at radius 2 is 1.64 bits per heavy atom. The van der Waals surface area contributed by atoms with Gasteiger partial charge in [0.25, 0.3) is 0 Å². The minimum absolute atomic E-state index is 0. The highest BCUT2D eigenvalue weighted by atomic mass is 16.4. The summed E-state index contributed by atoms with van der Waals surface area (Å²) in [5.41, 5.74) is 10.6. The van der Waals surface area contributed by atoms with Crippen LogP contribution in [0, 0.1) is 0 Å². The van der Waals surface area contributed by atoms with E-state index >= 15 is 0 Å². The van der Waals surface area contributed by atoms with Crippen molar-refractivity contribution in [3.05, 3.63) is 29.3 Å². The average molecular weight is 197 g/mol. The molecular weight excluding hydrogens is 186 g/mol. The molecule has 6 nitrogen and oxygen atoms in total. The van der Waals surface area contributed by atoms with Gasteiger partial charge in [0, 0.05) is 11.3 Å². The molecule has 14 heavy (non-hydrogen) atoms. The number of aromatic carboxylic acids is 1. The third-order valence-electron chi connectivity index (χ3n) is 1.49. The number of carbonyl (C=O) groups excluding carboxylic acids is 1. The van der Waals surface area contributed by atoms with E-state index in [9.17, 15) is 9.59 Å². The second-order valence-electron chi connectivity index (χ2n) is 2.51. The summed E-state index contributed by atoms with van der Waals surface area (Å²) in [6, 6.07) is 3.77. The van der Waals surface area contributed by atoms with E-state index in [1.165, 1.54) is 18.2 Å². The first-order valence-corrected chi connectivity index (χ1v) is 3.44. The average Bonchev–Trinajstić information content (AvgIpc) is 2.03. The molecule has 0 aliphatic heterocycles. The van der Waals surface area contributed by atoms with Gasteiger partial charge in [0.15, 0.2) is 0 Å². The monoisotopic (exact) mass is 197 g/mol. The van der Waals surface area contributed by atoms with Crippen LogP contribution in [0.2, 0.25) is 0 Å². The van der Waals surface area contributed by atoms with Gasteiger partial charge in [-0.2, -0.15) is 0 Å². The highest BCUT2D eigenvalue weighted by molar-refractivity contribution is 5.97. The Hall–Kier alpha value is -2.08. The van der Waals surface area contributed by atoms with E-state index in [1.807, 2.05) is 0 Å². The molecule has 0 atom stereocenters. The standard InChI is InChI=1S/C8H8N2O3.H3N/c9-6-2-4(7(10)11)1-5(3-6)8(12)13;/h1-3H,9H2,(H2,10,11)(H,12,13);1H3. The zero-order valence-corrected chi connectivity index (χ0v) is 7.36. The molecule has 8 N–H and O–H groups in total. The molecule has 0 unspecified atom stereocenters. The number of carbonyl (C=O) groups is 2. The number of nitrogen functional groups attached to an aromatic ring is 1. The zero-order chi connectivity index (χ0) is 10.0. The van der Waals surface area contributed by atoms with Gasteiger partial charge in [-0.25, -0.2) is 4.79 Å². The van der Waals surface area contributed by atoms with Gasteiger partial charge in [-0.1, -0.05) is 0 Å². The smallest absolute Gasteiger partial charge is 0.335 e. The summed E-state index contributed by atoms with van der Waals surface area (Å²) in [6.45, 7) is 0. The molecule has 1 amide bonds. The molecule has 0 aromatic heterocycles. The van der Waals surface area contributed by atoms with Crippen LogP contribution in [0.3, 0.4) is 0 Å². The Balaban J connectivity index is 0.00000169. The normalized spacial score (nSPS) is 8.86. The molecule has 0 saturated heterocycles. The van der Waals surface area contributed by atoms with Crippen LogP contribution in [0.4, 0.5) is 5.69 Å². The van der Waals surface area contributed by atoms with Crippen LogP contribution in [0.15, 0.2) is 18.2 Å². The number of carboxylic acid groups (broad SMARTS) is 1. The Labute approximate surface area is 80.1 Å². The first kappa shape index (κ1) is 11.9. The lowest BCUT2D eigenvalue weighted by molar-refractivity contribution is 0.0697. The van der Waals surface area contributed by atoms with Gasteiger partial charge >= 0.3 is 5.97 Å². The molecule has 0 heterocycles. The van der Waals surface area contributed by atoms with Crippen molar-refractivity contribution in [3.63, 3.8) is 0 Å². The number of amides is 1. The minimum Gasteiger partial charge on any atom is -0.478 e. The number of benzene rings is 1. The summed E-state index contributed by atoms with van der Waals surface area (Å²) >= 11 is 0. The summed E-state index contributed by atoms with van der Waals surface area (Å²) in [4.78, 5) is 21.2. The highest BCUT2D eigenvalue weighted by Gasteiger charge is 2.08. The predicted octanol–water partition coefficient (Wildman–Crippen LogP) is 0.228. The van der Waals surface area contributed by atoms with Gasteiger partial charge in [0.05, 0.1) is 5.56 Å². The third-order valence-corrected chi connectivity index (χ3v) is 1.49. The molecule has 0 aliphatic rings. The fraction of sp³-hybridized carbons (Fsp3) is 0. The largest absolute Gasteiger partial charge is 0.478 e. The highest BCUT2D eigenvalue weighted by Crippen LogP contribution is 2.11. The van der Waals surface area contributed by atoms with E-state index < -0.39 is 11.9 Å². The Morgan fingerprint density at radius 1 is 1.14 bits per heavy atom. The number of hydrogen-bond acceptors (Lipinski definition) is 4. The zero-order valence-electron chi connectivity index (χ0n) is 7.36. The molecular formula is C8H11N3O3. The number of hydrogen-bond donors (Lipinski definition) is 4. The topological polar surface area (TPSA) is 141 Å². The summed E-state index contributed by atoms with van der Waals surface area (Å²) in [7, 11) is 0. The van der Waals surface area contributed by atoms with E-state index in [-0.39, 0.29) is 23.0 Å². The summed E-state index contributed by atoms with van der Waals surface area (Å²) in [6.07, 6.45) is 0. The summed E-state index contributed by atoms with van der Waals surface area (Å²) in [5, 5.41) is 8.61. The first-order chi connectivity index (χ1) is 6.00. The number of rotatable bonds is 2. The lowest BCUT2D eigenvalue weighted by atomic mass is 10.1. The quantitative estimate of drug-likeness (QED) is 0.502. The maximum absolute atomic E-state index is 10.7. The predicted molar refractivity (Wildman–Crippen MR) is 51.4 cm³/mol. The lowest BCUT2D eigenvalue weighted by Gasteiger charge is -2.00. The van der Waals surface area contributed by atoms with Crippen molar-refractivity contribution in [1.82, 2.24) is 6.15 Å². The molecule has 0 radical (unpaired) electrons. The minimum atomic E-state index is -1.14. The van der Waals surface area contributed by atoms with Crippen LogP contribution >= 0.6 is 0 Å². The Kier molecular flexibility index (Phi) is 3.61. The number of anilines is 1. The Bertz CT molecular complexity index is 344. The molecule has 0 bridgehead atoms. The second-order valence-corrected chi connectivity index (χ2v) is 2.51. The molecule has 1 rings (SSSR count). The molecule has 1 aromatic rings. The molecule has 0 saturated carbocycles. The van der Waals surface area contributed by atoms with Crippen molar-refractivity contribution in [2.45, 2.75) is 0 Å². The van der Waals surface area contributed by atoms with Crippen LogP contribution in [-0.2, 0) is 0 Å². The molecule has 0 fully saturated rings. The van der Waals surface area contributed by atoms with Crippen LogP contribution < -0.4 is 17.6 Å². The van der Waals surface area contributed by atoms with Crippen molar-refractivity contribution < 1.29 is 14.7 Å². The van der Waals surface area contributed by atoms with Gasteiger partial charge in [-0.3, -0.25) is 4.79 Å². The van der Waals surface area contributed by atoms with Crippen LogP contribution in [-0.4, -0.2) is 17.0 Å². The van der Waals surface area contributed by atoms with Crippen molar-refractivity contribution in [2.75, 3.05) is 5.73 Å². The number of carboxylic acids is 1. The maximum Gasteiger partial charge on any atom is 0.335 e. The van der Waals surface area contributed by atoms with Crippen LogP contribution in [0.5, 0.6) is 0 Å². The van der Waals surface area contributed by atoms with Gasteiger partial charge < -0.3 is 22.7 Å². The van der Waals surface area contributed by atoms with Gasteiger partial charge in [0.2, 0.25) is 5.91 Å². The van der Waals surface area contributed by atoms with E-state index in [0.29, 0.717) is 0 Å². The van der Waals surface area contributed by atoms with E-state index in [2.05, 4.69) is 0 Å². The van der Waals surface area contributed by atoms with E-state index in [0.717, 1.165) is 0 Å². The van der Waals surface area contributed by atoms with Crippen molar-refractivity contribution in [2.24, 2.45) is 5.73 Å². The summed E-state index contributed by atoms with van der Waals surface area (Å²) < 4.78 is 0. The fourth-order valence-electron chi connectivity index (χ4n) is 0.917. The fourth-order valence-corrected chi connectivity index (χ4v) is 0.917. The van der Waals surface area contributed by atoms with E-state index in [4.69, 9.17) is 16.6 Å². The van der Waals surface area contributed by atoms with Crippen molar-refractivity contribution >= 4 is 17.6 Å². The van der Waals surface area contributed by atoms with Gasteiger partial charge in [0.1, 0.15) is 0 Å². The lowest BCUT2D eigenvalue weighted by Crippen LogP contribution is -2.12. The van der Waals surface area contributed by atoms with Crippen LogP contribution in [0.25, 0.3) is 0 Å². The van der Waals surface area contributed by atoms with Crippen molar-refractivity contribution in [1.29, 1.82) is 0 Å². The number of nitrogens with two attached hydrogens (primary N) is 2. The van der Waals surface area contributed by atoms with Gasteiger partial charge in [-0.15, -0.1) is 0 Å². The molecule has 0 spiro atoms. The SMILES string of the molecule is N.NC(=O)c1cc(N)cc(C(=O)O)c1.